The van der Waals surface area contributed by atoms with E-state index in [0.717, 1.165) is 56.9 Å². The molecule has 6 heteroatoms. The standard InChI is InChI=1S/C19H31N3O.2ClH/c1-4-13-21(3)18-7-5-17(6-8-18)19(23)22-14-10-16(11-15-22)9-12-20-2;;/h5-8,16,20H,4,9-15H2,1-3H3;2*1H. The summed E-state index contributed by atoms with van der Waals surface area (Å²) in [4.78, 5) is 16.9. The first-order valence-electron chi connectivity index (χ1n) is 8.90. The van der Waals surface area contributed by atoms with Gasteiger partial charge in [-0.3, -0.25) is 4.79 Å². The topological polar surface area (TPSA) is 35.6 Å². The molecule has 144 valence electrons. The Labute approximate surface area is 165 Å². The zero-order valence-electron chi connectivity index (χ0n) is 15.7. The Bertz CT molecular complexity index is 488. The van der Waals surface area contributed by atoms with E-state index in [4.69, 9.17) is 0 Å². The Morgan fingerprint density at radius 3 is 2.32 bits per heavy atom. The number of hydrogen-bond acceptors (Lipinski definition) is 3. The summed E-state index contributed by atoms with van der Waals surface area (Å²) in [7, 11) is 4.09. The van der Waals surface area contributed by atoms with Gasteiger partial charge in [-0.1, -0.05) is 6.92 Å². The molecule has 1 aliphatic heterocycles. The molecule has 0 spiro atoms. The first kappa shape index (κ1) is 24.0. The van der Waals surface area contributed by atoms with Crippen molar-refractivity contribution >= 4 is 36.4 Å². The molecule has 0 aromatic heterocycles. The van der Waals surface area contributed by atoms with Crippen LogP contribution in [0.4, 0.5) is 5.69 Å². The van der Waals surface area contributed by atoms with Crippen molar-refractivity contribution in [1.29, 1.82) is 0 Å². The van der Waals surface area contributed by atoms with Gasteiger partial charge in [0.1, 0.15) is 0 Å². The number of hydrogen-bond donors (Lipinski definition) is 1. The third-order valence-electron chi connectivity index (χ3n) is 4.82. The fourth-order valence-corrected chi connectivity index (χ4v) is 3.28. The van der Waals surface area contributed by atoms with Crippen molar-refractivity contribution in [1.82, 2.24) is 10.2 Å². The number of amides is 1. The summed E-state index contributed by atoms with van der Waals surface area (Å²) in [5.41, 5.74) is 1.99. The molecule has 0 bridgehead atoms. The summed E-state index contributed by atoms with van der Waals surface area (Å²) in [6.07, 6.45) is 4.60. The second-order valence-electron chi connectivity index (χ2n) is 6.60. The third kappa shape index (κ3) is 7.04. The molecular formula is C19H33Cl2N3O. The molecule has 1 N–H and O–H groups in total. The Hall–Kier alpha value is -0.970. The van der Waals surface area contributed by atoms with Crippen LogP contribution in [0.3, 0.4) is 0 Å². The molecule has 0 atom stereocenters. The highest BCUT2D eigenvalue weighted by atomic mass is 35.5. The maximum absolute atomic E-state index is 12.6. The van der Waals surface area contributed by atoms with E-state index >= 15 is 0 Å². The molecule has 1 fully saturated rings. The number of halogens is 2. The lowest BCUT2D eigenvalue weighted by molar-refractivity contribution is 0.0687. The second kappa shape index (κ2) is 12.4. The van der Waals surface area contributed by atoms with Gasteiger partial charge in [-0.25, -0.2) is 0 Å². The molecule has 0 radical (unpaired) electrons. The van der Waals surface area contributed by atoms with E-state index < -0.39 is 0 Å². The van der Waals surface area contributed by atoms with Gasteiger partial charge >= 0.3 is 0 Å². The number of piperidine rings is 1. The monoisotopic (exact) mass is 389 g/mol. The summed E-state index contributed by atoms with van der Waals surface area (Å²) in [6, 6.07) is 8.05. The van der Waals surface area contributed by atoms with Gasteiger partial charge in [0.25, 0.3) is 5.91 Å². The molecule has 0 unspecified atom stereocenters. The number of nitrogens with zero attached hydrogens (tertiary/aromatic N) is 2. The third-order valence-corrected chi connectivity index (χ3v) is 4.82. The molecule has 0 aliphatic carbocycles. The molecule has 25 heavy (non-hydrogen) atoms. The first-order valence-corrected chi connectivity index (χ1v) is 8.90. The summed E-state index contributed by atoms with van der Waals surface area (Å²) >= 11 is 0. The SMILES string of the molecule is CCCN(C)c1ccc(C(=O)N2CCC(CCNC)CC2)cc1.Cl.Cl. The lowest BCUT2D eigenvalue weighted by Gasteiger charge is -2.32. The Morgan fingerprint density at radius 1 is 1.20 bits per heavy atom. The average Bonchev–Trinajstić information content (AvgIpc) is 2.60. The van der Waals surface area contributed by atoms with Crippen molar-refractivity contribution in [3.63, 3.8) is 0 Å². The number of anilines is 1. The molecule has 4 nitrogen and oxygen atoms in total. The fraction of sp³-hybridized carbons (Fsp3) is 0.632. The van der Waals surface area contributed by atoms with Gasteiger partial charge in [-0.15, -0.1) is 24.8 Å². The van der Waals surface area contributed by atoms with Crippen LogP contribution >= 0.6 is 24.8 Å². The molecule has 1 heterocycles. The largest absolute Gasteiger partial charge is 0.375 e. The van der Waals surface area contributed by atoms with E-state index in [1.165, 1.54) is 12.1 Å². The van der Waals surface area contributed by atoms with Gasteiger partial charge in [-0.05, 0) is 69.5 Å². The Kier molecular flexibility index (Phi) is 11.9. The Balaban J connectivity index is 0.00000288. The molecule has 1 amide bonds. The summed E-state index contributed by atoms with van der Waals surface area (Å²) < 4.78 is 0. The maximum Gasteiger partial charge on any atom is 0.253 e. The summed E-state index contributed by atoms with van der Waals surface area (Å²) in [5, 5.41) is 3.21. The first-order chi connectivity index (χ1) is 11.2. The minimum Gasteiger partial charge on any atom is -0.375 e. The van der Waals surface area contributed by atoms with E-state index in [1.807, 2.05) is 24.1 Å². The smallest absolute Gasteiger partial charge is 0.253 e. The van der Waals surface area contributed by atoms with Crippen LogP contribution in [0.15, 0.2) is 24.3 Å². The lowest BCUT2D eigenvalue weighted by Crippen LogP contribution is -2.39. The van der Waals surface area contributed by atoms with Gasteiger partial charge in [0.2, 0.25) is 0 Å². The van der Waals surface area contributed by atoms with Gasteiger partial charge in [0, 0.05) is 37.9 Å². The zero-order chi connectivity index (χ0) is 16.7. The van der Waals surface area contributed by atoms with Crippen LogP contribution in [-0.4, -0.2) is 51.1 Å². The van der Waals surface area contributed by atoms with Crippen LogP contribution < -0.4 is 10.2 Å². The highest BCUT2D eigenvalue weighted by Crippen LogP contribution is 2.22. The van der Waals surface area contributed by atoms with Gasteiger partial charge in [-0.2, -0.15) is 0 Å². The minimum atomic E-state index is 0. The van der Waals surface area contributed by atoms with E-state index in [1.54, 1.807) is 0 Å². The molecule has 1 aliphatic rings. The number of likely N-dealkylation sites (tertiary alicyclic amines) is 1. The van der Waals surface area contributed by atoms with Crippen molar-refractivity contribution in [2.45, 2.75) is 32.6 Å². The van der Waals surface area contributed by atoms with Crippen molar-refractivity contribution < 1.29 is 4.79 Å². The van der Waals surface area contributed by atoms with E-state index in [0.29, 0.717) is 0 Å². The minimum absolute atomic E-state index is 0. The Morgan fingerprint density at radius 2 is 1.80 bits per heavy atom. The highest BCUT2D eigenvalue weighted by Gasteiger charge is 2.23. The van der Waals surface area contributed by atoms with Crippen LogP contribution in [0.2, 0.25) is 0 Å². The van der Waals surface area contributed by atoms with Crippen molar-refractivity contribution in [2.75, 3.05) is 45.2 Å². The molecule has 0 saturated carbocycles. The lowest BCUT2D eigenvalue weighted by atomic mass is 9.93. The normalized spacial score (nSPS) is 14.4. The number of benzene rings is 1. The molecular weight excluding hydrogens is 357 g/mol. The van der Waals surface area contributed by atoms with Gasteiger partial charge in [0.05, 0.1) is 0 Å². The van der Waals surface area contributed by atoms with Crippen LogP contribution in [0, 0.1) is 5.92 Å². The van der Waals surface area contributed by atoms with Crippen LogP contribution in [0.25, 0.3) is 0 Å². The quantitative estimate of drug-likeness (QED) is 0.769. The van der Waals surface area contributed by atoms with Gasteiger partial charge < -0.3 is 15.1 Å². The van der Waals surface area contributed by atoms with E-state index in [2.05, 4.69) is 36.3 Å². The number of carbonyl (C=O) groups excluding carboxylic acids is 1. The number of nitrogens with one attached hydrogen (secondary N) is 1. The molecule has 1 aromatic rings. The van der Waals surface area contributed by atoms with Crippen LogP contribution in [-0.2, 0) is 0 Å². The molecule has 2 rings (SSSR count). The van der Waals surface area contributed by atoms with Crippen molar-refractivity contribution in [3.8, 4) is 0 Å². The highest BCUT2D eigenvalue weighted by molar-refractivity contribution is 5.94. The number of rotatable bonds is 7. The summed E-state index contributed by atoms with van der Waals surface area (Å²) in [6.45, 7) is 6.07. The van der Waals surface area contributed by atoms with E-state index in [9.17, 15) is 4.79 Å². The molecule has 1 saturated heterocycles. The average molecular weight is 390 g/mol. The predicted octanol–water partition coefficient (Wildman–Crippen LogP) is 3.84. The fourth-order valence-electron chi connectivity index (χ4n) is 3.28. The van der Waals surface area contributed by atoms with Crippen molar-refractivity contribution in [3.05, 3.63) is 29.8 Å². The second-order valence-corrected chi connectivity index (χ2v) is 6.60. The van der Waals surface area contributed by atoms with Crippen LogP contribution in [0.1, 0.15) is 43.0 Å². The van der Waals surface area contributed by atoms with Crippen LogP contribution in [0.5, 0.6) is 0 Å². The maximum atomic E-state index is 12.6. The molecule has 1 aromatic carbocycles. The number of carbonyl (C=O) groups is 1. The predicted molar refractivity (Wildman–Crippen MR) is 112 cm³/mol. The summed E-state index contributed by atoms with van der Waals surface area (Å²) in [5.74, 6) is 0.943. The zero-order valence-corrected chi connectivity index (χ0v) is 17.3. The van der Waals surface area contributed by atoms with Gasteiger partial charge in [0.15, 0.2) is 0 Å². The van der Waals surface area contributed by atoms with E-state index in [-0.39, 0.29) is 30.7 Å². The van der Waals surface area contributed by atoms with Crippen molar-refractivity contribution in [2.24, 2.45) is 5.92 Å².